The summed E-state index contributed by atoms with van der Waals surface area (Å²) in [6.45, 7) is 1.06. The van der Waals surface area contributed by atoms with Gasteiger partial charge in [-0.2, -0.15) is 13.2 Å². The number of alkyl halides is 3. The van der Waals surface area contributed by atoms with Gasteiger partial charge >= 0.3 is 6.18 Å². The monoisotopic (exact) mass is 385 g/mol. The van der Waals surface area contributed by atoms with Gasteiger partial charge in [-0.05, 0) is 12.1 Å². The fourth-order valence-corrected chi connectivity index (χ4v) is 3.22. The van der Waals surface area contributed by atoms with Gasteiger partial charge in [-0.15, -0.1) is 0 Å². The number of fused-ring (bicyclic) bond motifs is 1. The lowest BCUT2D eigenvalue weighted by molar-refractivity contribution is -0.183. The lowest BCUT2D eigenvalue weighted by Gasteiger charge is -2.36. The molecule has 1 unspecified atom stereocenters. The lowest BCUT2D eigenvalue weighted by Crippen LogP contribution is -2.57. The molecule has 148 valence electrons. The molecular formula is C18H22F3N3O3. The number of rotatable bonds is 5. The quantitative estimate of drug-likeness (QED) is 0.803. The number of nitrogens with one attached hydrogen (secondary N) is 2. The summed E-state index contributed by atoms with van der Waals surface area (Å²) in [6.07, 6.45) is -2.80. The van der Waals surface area contributed by atoms with Gasteiger partial charge in [-0.25, -0.2) is 0 Å². The van der Waals surface area contributed by atoms with Crippen LogP contribution < -0.4 is 20.1 Å². The summed E-state index contributed by atoms with van der Waals surface area (Å²) < 4.78 is 51.0. The Morgan fingerprint density at radius 2 is 2.11 bits per heavy atom. The highest BCUT2D eigenvalue weighted by Crippen LogP contribution is 2.35. The first-order chi connectivity index (χ1) is 12.9. The lowest BCUT2D eigenvalue weighted by atomic mass is 10.1. The van der Waals surface area contributed by atoms with Crippen LogP contribution in [0.3, 0.4) is 0 Å². The summed E-state index contributed by atoms with van der Waals surface area (Å²) in [4.78, 5) is 13.7. The summed E-state index contributed by atoms with van der Waals surface area (Å²) in [5.41, 5.74) is 0.928. The van der Waals surface area contributed by atoms with E-state index in [1.165, 1.54) is 12.0 Å². The average molecular weight is 385 g/mol. The van der Waals surface area contributed by atoms with Crippen molar-refractivity contribution in [2.75, 3.05) is 46.4 Å². The molecule has 9 heteroatoms. The molecule has 6 nitrogen and oxygen atoms in total. The van der Waals surface area contributed by atoms with Gasteiger partial charge in [0.2, 0.25) is 0 Å². The SMILES string of the molecule is COc1cccc2c1OCC(C(=O)NCC(N1CCNCC1)C(F)(F)F)=C2. The van der Waals surface area contributed by atoms with Crippen LogP contribution in [0.25, 0.3) is 6.08 Å². The maximum atomic E-state index is 13.4. The molecule has 0 saturated carbocycles. The van der Waals surface area contributed by atoms with Crippen LogP contribution in [-0.4, -0.2) is 69.5 Å². The predicted molar refractivity (Wildman–Crippen MR) is 93.8 cm³/mol. The molecule has 1 atom stereocenters. The third kappa shape index (κ3) is 4.54. The highest BCUT2D eigenvalue weighted by molar-refractivity contribution is 5.99. The smallest absolute Gasteiger partial charge is 0.405 e. The zero-order valence-electron chi connectivity index (χ0n) is 14.9. The minimum absolute atomic E-state index is 0.0243. The second kappa shape index (κ2) is 8.18. The van der Waals surface area contributed by atoms with Crippen molar-refractivity contribution in [2.45, 2.75) is 12.2 Å². The van der Waals surface area contributed by atoms with Crippen LogP contribution in [0.2, 0.25) is 0 Å². The highest BCUT2D eigenvalue weighted by Gasteiger charge is 2.44. The fourth-order valence-electron chi connectivity index (χ4n) is 3.22. The summed E-state index contributed by atoms with van der Waals surface area (Å²) in [7, 11) is 1.51. The van der Waals surface area contributed by atoms with Crippen molar-refractivity contribution in [3.8, 4) is 11.5 Å². The van der Waals surface area contributed by atoms with Gasteiger partial charge in [0.15, 0.2) is 11.5 Å². The van der Waals surface area contributed by atoms with Crippen LogP contribution in [0.1, 0.15) is 5.56 Å². The van der Waals surface area contributed by atoms with Gasteiger partial charge in [-0.3, -0.25) is 9.69 Å². The van der Waals surface area contributed by atoms with E-state index < -0.39 is 24.7 Å². The maximum Gasteiger partial charge on any atom is 0.405 e. The third-order valence-electron chi connectivity index (χ3n) is 4.65. The Kier molecular flexibility index (Phi) is 5.91. The molecule has 2 heterocycles. The van der Waals surface area contributed by atoms with Crippen molar-refractivity contribution >= 4 is 12.0 Å². The second-order valence-corrected chi connectivity index (χ2v) is 6.39. The molecule has 1 fully saturated rings. The number of nitrogens with zero attached hydrogens (tertiary/aromatic N) is 1. The zero-order valence-corrected chi connectivity index (χ0v) is 14.9. The Bertz CT molecular complexity index is 716. The number of hydrogen-bond acceptors (Lipinski definition) is 5. The summed E-state index contributed by atoms with van der Waals surface area (Å²) >= 11 is 0. The zero-order chi connectivity index (χ0) is 19.4. The van der Waals surface area contributed by atoms with E-state index in [1.54, 1.807) is 24.3 Å². The number of carbonyl (C=O) groups excluding carboxylic acids is 1. The first-order valence-electron chi connectivity index (χ1n) is 8.70. The van der Waals surface area contributed by atoms with Crippen molar-refractivity contribution in [2.24, 2.45) is 0 Å². The largest absolute Gasteiger partial charge is 0.493 e. The first-order valence-corrected chi connectivity index (χ1v) is 8.70. The Morgan fingerprint density at radius 1 is 1.37 bits per heavy atom. The minimum atomic E-state index is -4.41. The normalized spacial score (nSPS) is 18.7. The molecule has 0 radical (unpaired) electrons. The number of carbonyl (C=O) groups is 1. The number of para-hydroxylation sites is 1. The minimum Gasteiger partial charge on any atom is -0.493 e. The molecular weight excluding hydrogens is 363 g/mol. The molecule has 1 saturated heterocycles. The average Bonchev–Trinajstić information content (AvgIpc) is 2.66. The summed E-state index contributed by atoms with van der Waals surface area (Å²) in [5, 5.41) is 5.44. The Labute approximate surface area is 155 Å². The van der Waals surface area contributed by atoms with Gasteiger partial charge < -0.3 is 20.1 Å². The van der Waals surface area contributed by atoms with Crippen LogP contribution >= 0.6 is 0 Å². The molecule has 1 aromatic rings. The summed E-state index contributed by atoms with van der Waals surface area (Å²) in [5.74, 6) is 0.498. The van der Waals surface area contributed by atoms with E-state index in [2.05, 4.69) is 10.6 Å². The van der Waals surface area contributed by atoms with Crippen molar-refractivity contribution in [3.63, 3.8) is 0 Å². The third-order valence-corrected chi connectivity index (χ3v) is 4.65. The van der Waals surface area contributed by atoms with Crippen molar-refractivity contribution in [1.29, 1.82) is 0 Å². The molecule has 0 spiro atoms. The van der Waals surface area contributed by atoms with Crippen molar-refractivity contribution < 1.29 is 27.4 Å². The van der Waals surface area contributed by atoms with Gasteiger partial charge in [0.1, 0.15) is 12.6 Å². The van der Waals surface area contributed by atoms with Gasteiger partial charge in [0, 0.05) is 38.3 Å². The molecule has 2 aliphatic rings. The highest BCUT2D eigenvalue weighted by atomic mass is 19.4. The number of ether oxygens (including phenoxy) is 2. The van der Waals surface area contributed by atoms with Crippen LogP contribution in [0, 0.1) is 0 Å². The molecule has 2 aliphatic heterocycles. The fraction of sp³-hybridized carbons (Fsp3) is 0.500. The topological polar surface area (TPSA) is 62.8 Å². The number of amides is 1. The number of methoxy groups -OCH3 is 1. The Morgan fingerprint density at radius 3 is 2.78 bits per heavy atom. The molecule has 27 heavy (non-hydrogen) atoms. The predicted octanol–water partition coefficient (Wildman–Crippen LogP) is 1.42. The van der Waals surface area contributed by atoms with E-state index in [1.807, 2.05) is 0 Å². The van der Waals surface area contributed by atoms with E-state index in [9.17, 15) is 18.0 Å². The van der Waals surface area contributed by atoms with Gasteiger partial charge in [-0.1, -0.05) is 12.1 Å². The van der Waals surface area contributed by atoms with Crippen LogP contribution in [0.4, 0.5) is 13.2 Å². The molecule has 2 N–H and O–H groups in total. The van der Waals surface area contributed by atoms with Crippen molar-refractivity contribution in [1.82, 2.24) is 15.5 Å². The Hall–Kier alpha value is -2.26. The maximum absolute atomic E-state index is 13.4. The number of benzene rings is 1. The second-order valence-electron chi connectivity index (χ2n) is 6.39. The van der Waals surface area contributed by atoms with Gasteiger partial charge in [0.05, 0.1) is 12.7 Å². The van der Waals surface area contributed by atoms with E-state index in [0.29, 0.717) is 43.2 Å². The van der Waals surface area contributed by atoms with E-state index in [0.717, 1.165) is 0 Å². The first kappa shape index (κ1) is 19.5. The number of hydrogen-bond donors (Lipinski definition) is 2. The molecule has 0 aliphatic carbocycles. The van der Waals surface area contributed by atoms with Crippen LogP contribution in [-0.2, 0) is 4.79 Å². The van der Waals surface area contributed by atoms with E-state index >= 15 is 0 Å². The molecule has 0 aromatic heterocycles. The Balaban J connectivity index is 1.68. The number of halogens is 3. The van der Waals surface area contributed by atoms with E-state index in [4.69, 9.17) is 9.47 Å². The van der Waals surface area contributed by atoms with Crippen LogP contribution in [0.15, 0.2) is 23.8 Å². The van der Waals surface area contributed by atoms with Crippen molar-refractivity contribution in [3.05, 3.63) is 29.3 Å². The number of piperazine rings is 1. The molecule has 1 aromatic carbocycles. The van der Waals surface area contributed by atoms with E-state index in [-0.39, 0.29) is 12.2 Å². The van der Waals surface area contributed by atoms with Crippen LogP contribution in [0.5, 0.6) is 11.5 Å². The summed E-state index contributed by atoms with van der Waals surface area (Å²) in [6, 6.07) is 3.53. The molecule has 3 rings (SSSR count). The van der Waals surface area contributed by atoms with Gasteiger partial charge in [0.25, 0.3) is 5.91 Å². The molecule has 1 amide bonds. The standard InChI is InChI=1S/C18H22F3N3O3/c1-26-14-4-2-3-12-9-13(11-27-16(12)14)17(25)23-10-15(18(19,20)21)24-7-5-22-6-8-24/h2-4,9,15,22H,5-8,10-11H2,1H3,(H,23,25). The molecule has 0 bridgehead atoms.